The van der Waals surface area contributed by atoms with Crippen LogP contribution in [0.3, 0.4) is 0 Å². The van der Waals surface area contributed by atoms with Gasteiger partial charge in [0.2, 0.25) is 0 Å². The molecular weight excluding hydrogens is 309 g/mol. The minimum atomic E-state index is -0.771. The quantitative estimate of drug-likeness (QED) is 0.903. The molecule has 2 aromatic rings. The minimum absolute atomic E-state index is 0.243. The van der Waals surface area contributed by atoms with Crippen LogP contribution < -0.4 is 5.32 Å². The number of nitrogens with zero attached hydrogens (tertiary/aromatic N) is 2. The molecule has 2 N–H and O–H groups in total. The first-order valence-electron chi connectivity index (χ1n) is 8.44. The molecule has 1 fully saturated rings. The number of nitrogens with one attached hydrogen (secondary N) is 1. The normalized spacial score (nSPS) is 18.1. The average Bonchev–Trinajstić information content (AvgIpc) is 3.14. The topological polar surface area (TPSA) is 67.2 Å². The van der Waals surface area contributed by atoms with E-state index in [1.54, 1.807) is 22.9 Å². The number of halogens is 1. The fourth-order valence-electron chi connectivity index (χ4n) is 3.53. The lowest BCUT2D eigenvalue weighted by Crippen LogP contribution is -2.47. The Labute approximate surface area is 139 Å². The van der Waals surface area contributed by atoms with Crippen molar-refractivity contribution in [3.8, 4) is 5.69 Å². The largest absolute Gasteiger partial charge is 0.388 e. The van der Waals surface area contributed by atoms with Gasteiger partial charge in [-0.2, -0.15) is 5.10 Å². The summed E-state index contributed by atoms with van der Waals surface area (Å²) in [5.74, 6) is -0.644. The SMILES string of the molecule is O=C(NCC1(O)CCC1)c1nn(-c2ccccc2F)c2c1CCC2. The monoisotopic (exact) mass is 329 g/mol. The van der Waals surface area contributed by atoms with Gasteiger partial charge in [-0.25, -0.2) is 9.07 Å². The minimum Gasteiger partial charge on any atom is -0.388 e. The number of benzene rings is 1. The van der Waals surface area contributed by atoms with Crippen LogP contribution >= 0.6 is 0 Å². The summed E-state index contributed by atoms with van der Waals surface area (Å²) in [6.07, 6.45) is 4.92. The van der Waals surface area contributed by atoms with E-state index >= 15 is 0 Å². The Balaban J connectivity index is 1.64. The highest BCUT2D eigenvalue weighted by atomic mass is 19.1. The van der Waals surface area contributed by atoms with Gasteiger partial charge in [-0.05, 0) is 50.7 Å². The Morgan fingerprint density at radius 2 is 2.08 bits per heavy atom. The number of hydrogen-bond donors (Lipinski definition) is 2. The second-order valence-electron chi connectivity index (χ2n) is 6.75. The van der Waals surface area contributed by atoms with E-state index in [0.717, 1.165) is 49.8 Å². The summed E-state index contributed by atoms with van der Waals surface area (Å²) >= 11 is 0. The number of hydrogen-bond acceptors (Lipinski definition) is 3. The molecule has 0 atom stereocenters. The van der Waals surface area contributed by atoms with Gasteiger partial charge in [0.1, 0.15) is 11.5 Å². The third-order valence-corrected chi connectivity index (χ3v) is 5.09. The number of rotatable bonds is 4. The number of aromatic nitrogens is 2. The van der Waals surface area contributed by atoms with Gasteiger partial charge in [-0.1, -0.05) is 12.1 Å². The molecule has 0 unspecified atom stereocenters. The molecule has 2 aliphatic carbocycles. The Hall–Kier alpha value is -2.21. The highest BCUT2D eigenvalue weighted by Gasteiger charge is 2.35. The summed E-state index contributed by atoms with van der Waals surface area (Å²) in [7, 11) is 0. The molecule has 1 heterocycles. The van der Waals surface area contributed by atoms with E-state index in [1.165, 1.54) is 6.07 Å². The fraction of sp³-hybridized carbons (Fsp3) is 0.444. The van der Waals surface area contributed by atoms with Crippen LogP contribution in [0.15, 0.2) is 24.3 Å². The van der Waals surface area contributed by atoms with Crippen LogP contribution in [-0.2, 0) is 12.8 Å². The van der Waals surface area contributed by atoms with Crippen molar-refractivity contribution in [3.05, 3.63) is 47.0 Å². The predicted molar refractivity (Wildman–Crippen MR) is 86.7 cm³/mol. The summed E-state index contributed by atoms with van der Waals surface area (Å²) in [5.41, 5.74) is 1.76. The van der Waals surface area contributed by atoms with E-state index in [0.29, 0.717) is 11.4 Å². The van der Waals surface area contributed by atoms with Crippen LogP contribution in [0.25, 0.3) is 5.69 Å². The molecular formula is C18H20FN3O2. The first kappa shape index (κ1) is 15.3. The van der Waals surface area contributed by atoms with Gasteiger partial charge < -0.3 is 10.4 Å². The predicted octanol–water partition coefficient (Wildman–Crippen LogP) is 2.14. The molecule has 0 saturated heterocycles. The zero-order chi connectivity index (χ0) is 16.7. The van der Waals surface area contributed by atoms with Crippen molar-refractivity contribution in [2.45, 2.75) is 44.1 Å². The standard InChI is InChI=1S/C18H20FN3O2/c19-13-6-1-2-7-15(13)22-14-8-3-5-12(14)16(21-22)17(23)20-11-18(24)9-4-10-18/h1-2,6-7,24H,3-5,8-11H2,(H,20,23). The molecule has 126 valence electrons. The summed E-state index contributed by atoms with van der Waals surface area (Å²) in [6.45, 7) is 0.243. The molecule has 5 nitrogen and oxygen atoms in total. The Morgan fingerprint density at radius 3 is 2.79 bits per heavy atom. The number of fused-ring (bicyclic) bond motifs is 1. The van der Waals surface area contributed by atoms with Crippen LogP contribution in [0.1, 0.15) is 47.4 Å². The van der Waals surface area contributed by atoms with Crippen molar-refractivity contribution in [1.29, 1.82) is 0 Å². The zero-order valence-electron chi connectivity index (χ0n) is 13.4. The number of amides is 1. The van der Waals surface area contributed by atoms with E-state index in [-0.39, 0.29) is 18.3 Å². The maximum absolute atomic E-state index is 14.1. The lowest BCUT2D eigenvalue weighted by molar-refractivity contribution is -0.0300. The second kappa shape index (κ2) is 5.70. The average molecular weight is 329 g/mol. The third kappa shape index (κ3) is 2.51. The first-order valence-corrected chi connectivity index (χ1v) is 8.44. The molecule has 2 aliphatic rings. The molecule has 0 bridgehead atoms. The molecule has 24 heavy (non-hydrogen) atoms. The summed E-state index contributed by atoms with van der Waals surface area (Å²) < 4.78 is 15.7. The summed E-state index contributed by atoms with van der Waals surface area (Å²) in [5, 5.41) is 17.3. The van der Waals surface area contributed by atoms with Gasteiger partial charge in [-0.15, -0.1) is 0 Å². The van der Waals surface area contributed by atoms with Crippen LogP contribution in [0, 0.1) is 5.82 Å². The molecule has 0 radical (unpaired) electrons. The van der Waals surface area contributed by atoms with Gasteiger partial charge in [0.25, 0.3) is 5.91 Å². The third-order valence-electron chi connectivity index (χ3n) is 5.09. The molecule has 1 aromatic carbocycles. The molecule has 1 aromatic heterocycles. The zero-order valence-corrected chi connectivity index (χ0v) is 13.4. The van der Waals surface area contributed by atoms with Gasteiger partial charge in [-0.3, -0.25) is 4.79 Å². The lowest BCUT2D eigenvalue weighted by Gasteiger charge is -2.36. The van der Waals surface area contributed by atoms with Crippen LogP contribution in [0.4, 0.5) is 4.39 Å². The maximum Gasteiger partial charge on any atom is 0.272 e. The van der Waals surface area contributed by atoms with Gasteiger partial charge >= 0.3 is 0 Å². The molecule has 6 heteroatoms. The van der Waals surface area contributed by atoms with Gasteiger partial charge in [0.15, 0.2) is 5.69 Å². The number of carbonyl (C=O) groups is 1. The summed E-state index contributed by atoms with van der Waals surface area (Å²) in [4.78, 5) is 12.5. The van der Waals surface area contributed by atoms with E-state index < -0.39 is 5.60 Å². The Morgan fingerprint density at radius 1 is 1.29 bits per heavy atom. The van der Waals surface area contributed by atoms with E-state index in [4.69, 9.17) is 0 Å². The van der Waals surface area contributed by atoms with Crippen molar-refractivity contribution < 1.29 is 14.3 Å². The highest BCUT2D eigenvalue weighted by Crippen LogP contribution is 2.31. The number of carbonyl (C=O) groups excluding carboxylic acids is 1. The number of aliphatic hydroxyl groups is 1. The van der Waals surface area contributed by atoms with Crippen molar-refractivity contribution in [3.63, 3.8) is 0 Å². The van der Waals surface area contributed by atoms with Crippen molar-refractivity contribution >= 4 is 5.91 Å². The molecule has 1 saturated carbocycles. The van der Waals surface area contributed by atoms with E-state index in [9.17, 15) is 14.3 Å². The van der Waals surface area contributed by atoms with Crippen molar-refractivity contribution in [2.75, 3.05) is 6.54 Å². The molecule has 0 aliphatic heterocycles. The Bertz CT molecular complexity index is 796. The van der Waals surface area contributed by atoms with Crippen LogP contribution in [0.2, 0.25) is 0 Å². The molecule has 1 amide bonds. The van der Waals surface area contributed by atoms with Gasteiger partial charge in [0.05, 0.1) is 5.60 Å². The van der Waals surface area contributed by atoms with Crippen molar-refractivity contribution in [1.82, 2.24) is 15.1 Å². The first-order chi connectivity index (χ1) is 11.6. The van der Waals surface area contributed by atoms with Crippen LogP contribution in [-0.4, -0.2) is 32.9 Å². The molecule has 0 spiro atoms. The maximum atomic E-state index is 14.1. The van der Waals surface area contributed by atoms with Crippen molar-refractivity contribution in [2.24, 2.45) is 0 Å². The number of para-hydroxylation sites is 1. The lowest BCUT2D eigenvalue weighted by atomic mass is 9.80. The molecule has 4 rings (SSSR count). The van der Waals surface area contributed by atoms with Crippen LogP contribution in [0.5, 0.6) is 0 Å². The van der Waals surface area contributed by atoms with E-state index in [1.807, 2.05) is 0 Å². The van der Waals surface area contributed by atoms with E-state index in [2.05, 4.69) is 10.4 Å². The smallest absolute Gasteiger partial charge is 0.272 e. The second-order valence-corrected chi connectivity index (χ2v) is 6.75. The summed E-state index contributed by atoms with van der Waals surface area (Å²) in [6, 6.07) is 6.45. The highest BCUT2D eigenvalue weighted by molar-refractivity contribution is 5.94. The fourth-order valence-corrected chi connectivity index (χ4v) is 3.53. The van der Waals surface area contributed by atoms with Gasteiger partial charge in [0, 0.05) is 17.8 Å². The Kier molecular flexibility index (Phi) is 3.64.